The summed E-state index contributed by atoms with van der Waals surface area (Å²) in [5.74, 6) is 1.78. The number of anilines is 1. The minimum atomic E-state index is 0. The maximum Gasteiger partial charge on any atom is 0.128 e. The Morgan fingerprint density at radius 1 is 1.47 bits per heavy atom. The van der Waals surface area contributed by atoms with Crippen LogP contribution in [0.15, 0.2) is 12.1 Å². The molecule has 0 saturated heterocycles. The van der Waals surface area contributed by atoms with E-state index < -0.39 is 0 Å². The zero-order valence-electron chi connectivity index (χ0n) is 9.16. The Balaban J connectivity index is 0.00000112. The molecule has 0 spiro atoms. The molecule has 1 aromatic carbocycles. The van der Waals surface area contributed by atoms with Gasteiger partial charge in [0.1, 0.15) is 17.6 Å². The molecule has 3 nitrogen and oxygen atoms in total. The number of hydrogen-bond acceptors (Lipinski definition) is 3. The molecule has 2 rings (SSSR count). The van der Waals surface area contributed by atoms with Crippen molar-refractivity contribution in [2.45, 2.75) is 19.4 Å². The number of benzene rings is 1. The van der Waals surface area contributed by atoms with Gasteiger partial charge >= 0.3 is 0 Å². The first-order chi connectivity index (χ1) is 6.74. The van der Waals surface area contributed by atoms with E-state index in [4.69, 9.17) is 9.47 Å². The van der Waals surface area contributed by atoms with Crippen LogP contribution in [0, 0.1) is 0 Å². The maximum atomic E-state index is 5.67. The van der Waals surface area contributed by atoms with Crippen LogP contribution in [0.2, 0.25) is 0 Å². The molecule has 4 heteroatoms. The highest BCUT2D eigenvalue weighted by molar-refractivity contribution is 5.85. The number of halogens is 1. The minimum Gasteiger partial charge on any atom is -0.497 e. The molecule has 0 amide bonds. The van der Waals surface area contributed by atoms with Crippen molar-refractivity contribution in [3.05, 3.63) is 17.7 Å². The molecular weight excluding hydrogens is 214 g/mol. The molecule has 0 aliphatic carbocycles. The second kappa shape index (κ2) is 4.62. The zero-order chi connectivity index (χ0) is 10.1. The van der Waals surface area contributed by atoms with Crippen LogP contribution in [0.1, 0.15) is 12.5 Å². The molecule has 1 unspecified atom stereocenters. The summed E-state index contributed by atoms with van der Waals surface area (Å²) >= 11 is 0. The smallest absolute Gasteiger partial charge is 0.128 e. The highest BCUT2D eigenvalue weighted by Gasteiger charge is 2.22. The Bertz CT molecular complexity index is 355. The fourth-order valence-electron chi connectivity index (χ4n) is 1.82. The van der Waals surface area contributed by atoms with Crippen LogP contribution in [0.4, 0.5) is 5.69 Å². The monoisotopic (exact) mass is 229 g/mol. The van der Waals surface area contributed by atoms with E-state index in [-0.39, 0.29) is 18.5 Å². The lowest BCUT2D eigenvalue weighted by Gasteiger charge is -2.09. The van der Waals surface area contributed by atoms with Gasteiger partial charge in [-0.2, -0.15) is 0 Å². The molecule has 0 fully saturated rings. The lowest BCUT2D eigenvalue weighted by Crippen LogP contribution is -2.05. The fraction of sp³-hybridized carbons (Fsp3) is 0.455. The van der Waals surface area contributed by atoms with Gasteiger partial charge in [0.05, 0.1) is 7.11 Å². The second-order valence-electron chi connectivity index (χ2n) is 3.53. The van der Waals surface area contributed by atoms with E-state index >= 15 is 0 Å². The van der Waals surface area contributed by atoms with Crippen molar-refractivity contribution in [1.29, 1.82) is 0 Å². The Kier molecular flexibility index (Phi) is 3.69. The highest BCUT2D eigenvalue weighted by Crippen LogP contribution is 2.38. The molecule has 1 heterocycles. The van der Waals surface area contributed by atoms with Gasteiger partial charge in [0.25, 0.3) is 0 Å². The normalized spacial score (nSPS) is 17.4. The van der Waals surface area contributed by atoms with E-state index in [2.05, 4.69) is 12.2 Å². The average Bonchev–Trinajstić information content (AvgIpc) is 2.56. The Morgan fingerprint density at radius 3 is 2.80 bits per heavy atom. The van der Waals surface area contributed by atoms with Gasteiger partial charge in [-0.25, -0.2) is 0 Å². The van der Waals surface area contributed by atoms with E-state index in [1.165, 1.54) is 5.56 Å². The van der Waals surface area contributed by atoms with E-state index in [1.54, 1.807) is 7.11 Å². The van der Waals surface area contributed by atoms with Crippen molar-refractivity contribution in [2.24, 2.45) is 0 Å². The van der Waals surface area contributed by atoms with Crippen molar-refractivity contribution >= 4 is 18.1 Å². The molecule has 1 aromatic rings. The highest BCUT2D eigenvalue weighted by atomic mass is 35.5. The van der Waals surface area contributed by atoms with Crippen LogP contribution in [-0.2, 0) is 6.42 Å². The predicted octanol–water partition coefficient (Wildman–Crippen LogP) is 2.48. The third kappa shape index (κ3) is 2.12. The van der Waals surface area contributed by atoms with Crippen LogP contribution in [0.25, 0.3) is 0 Å². The fourth-order valence-corrected chi connectivity index (χ4v) is 1.82. The van der Waals surface area contributed by atoms with Crippen molar-refractivity contribution < 1.29 is 9.47 Å². The molecule has 15 heavy (non-hydrogen) atoms. The number of methoxy groups -OCH3 is 1. The Hall–Kier alpha value is -1.09. The summed E-state index contributed by atoms with van der Waals surface area (Å²) in [6.45, 7) is 2.08. The van der Waals surface area contributed by atoms with Gasteiger partial charge in [0.2, 0.25) is 0 Å². The SMILES string of the molecule is CNc1cc(OC)cc2c1CC(C)O2.Cl. The minimum absolute atomic E-state index is 0. The Labute approximate surface area is 96.2 Å². The van der Waals surface area contributed by atoms with Gasteiger partial charge < -0.3 is 14.8 Å². The van der Waals surface area contributed by atoms with E-state index in [9.17, 15) is 0 Å². The third-order valence-corrected chi connectivity index (χ3v) is 2.51. The first-order valence-electron chi connectivity index (χ1n) is 4.80. The summed E-state index contributed by atoms with van der Waals surface area (Å²) in [5.41, 5.74) is 2.35. The van der Waals surface area contributed by atoms with E-state index in [0.29, 0.717) is 0 Å². The third-order valence-electron chi connectivity index (χ3n) is 2.51. The van der Waals surface area contributed by atoms with E-state index in [1.807, 2.05) is 19.2 Å². The van der Waals surface area contributed by atoms with Crippen molar-refractivity contribution in [3.8, 4) is 11.5 Å². The summed E-state index contributed by atoms with van der Waals surface area (Å²) in [5, 5.41) is 3.16. The first-order valence-corrected chi connectivity index (χ1v) is 4.80. The second-order valence-corrected chi connectivity index (χ2v) is 3.53. The number of hydrogen-bond donors (Lipinski definition) is 1. The van der Waals surface area contributed by atoms with Crippen LogP contribution >= 0.6 is 12.4 Å². The average molecular weight is 230 g/mol. The van der Waals surface area contributed by atoms with Crippen LogP contribution in [0.5, 0.6) is 11.5 Å². The molecule has 0 saturated carbocycles. The van der Waals surface area contributed by atoms with Gasteiger partial charge in [-0.1, -0.05) is 0 Å². The molecule has 0 aromatic heterocycles. The summed E-state index contributed by atoms with van der Waals surface area (Å²) < 4.78 is 10.9. The van der Waals surface area contributed by atoms with Crippen molar-refractivity contribution in [1.82, 2.24) is 0 Å². The molecule has 1 aliphatic rings. The van der Waals surface area contributed by atoms with Gasteiger partial charge in [0.15, 0.2) is 0 Å². The van der Waals surface area contributed by atoms with Crippen LogP contribution < -0.4 is 14.8 Å². The summed E-state index contributed by atoms with van der Waals surface area (Å²) in [7, 11) is 3.58. The molecule has 1 atom stereocenters. The molecule has 0 radical (unpaired) electrons. The lowest BCUT2D eigenvalue weighted by molar-refractivity contribution is 0.254. The van der Waals surface area contributed by atoms with Crippen LogP contribution in [0.3, 0.4) is 0 Å². The largest absolute Gasteiger partial charge is 0.497 e. The molecule has 84 valence electrons. The lowest BCUT2D eigenvalue weighted by atomic mass is 10.1. The number of fused-ring (bicyclic) bond motifs is 1. The number of ether oxygens (including phenoxy) is 2. The quantitative estimate of drug-likeness (QED) is 0.845. The van der Waals surface area contributed by atoms with Crippen LogP contribution in [-0.4, -0.2) is 20.3 Å². The maximum absolute atomic E-state index is 5.67. The van der Waals surface area contributed by atoms with Gasteiger partial charge in [-0.15, -0.1) is 12.4 Å². The number of rotatable bonds is 2. The standard InChI is InChI=1S/C11H15NO2.ClH/c1-7-4-9-10(12-2)5-8(13-3)6-11(9)14-7;/h5-7,12H,4H2,1-3H3;1H. The van der Waals surface area contributed by atoms with Gasteiger partial charge in [-0.3, -0.25) is 0 Å². The molecular formula is C11H16ClNO2. The van der Waals surface area contributed by atoms with Crippen molar-refractivity contribution in [3.63, 3.8) is 0 Å². The summed E-state index contributed by atoms with van der Waals surface area (Å²) in [6.07, 6.45) is 1.24. The van der Waals surface area contributed by atoms with E-state index in [0.717, 1.165) is 23.6 Å². The topological polar surface area (TPSA) is 30.5 Å². The zero-order valence-corrected chi connectivity index (χ0v) is 9.98. The summed E-state index contributed by atoms with van der Waals surface area (Å²) in [6, 6.07) is 3.94. The first kappa shape index (κ1) is 12.0. The Morgan fingerprint density at radius 2 is 2.20 bits per heavy atom. The molecule has 1 aliphatic heterocycles. The molecule has 1 N–H and O–H groups in total. The molecule has 0 bridgehead atoms. The van der Waals surface area contributed by atoms with Crippen molar-refractivity contribution in [2.75, 3.05) is 19.5 Å². The predicted molar refractivity (Wildman–Crippen MR) is 63.6 cm³/mol. The number of nitrogens with one attached hydrogen (secondary N) is 1. The van der Waals surface area contributed by atoms with Gasteiger partial charge in [-0.05, 0) is 6.92 Å². The van der Waals surface area contributed by atoms with Gasteiger partial charge in [0, 0.05) is 36.9 Å². The summed E-state index contributed by atoms with van der Waals surface area (Å²) in [4.78, 5) is 0.